The summed E-state index contributed by atoms with van der Waals surface area (Å²) in [4.78, 5) is 17.3. The molecule has 0 unspecified atom stereocenters. The Bertz CT molecular complexity index is 796. The van der Waals surface area contributed by atoms with Crippen LogP contribution in [0.1, 0.15) is 26.4 Å². The normalized spacial score (nSPS) is 10.7. The molecular weight excluding hydrogens is 312 g/mol. The molecule has 1 amide bonds. The van der Waals surface area contributed by atoms with Gasteiger partial charge < -0.3 is 0 Å². The van der Waals surface area contributed by atoms with Crippen molar-refractivity contribution in [1.82, 2.24) is 4.98 Å². The van der Waals surface area contributed by atoms with Gasteiger partial charge in [0.1, 0.15) is 0 Å². The van der Waals surface area contributed by atoms with Crippen LogP contribution in [0.3, 0.4) is 0 Å². The minimum Gasteiger partial charge on any atom is -0.297 e. The van der Waals surface area contributed by atoms with Crippen molar-refractivity contribution < 1.29 is 4.79 Å². The molecule has 0 aliphatic heterocycles. The number of aromatic nitrogens is 1. The Morgan fingerprint density at radius 3 is 2.50 bits per heavy atom. The second kappa shape index (κ2) is 6.02. The maximum absolute atomic E-state index is 12.1. The third-order valence-corrected chi connectivity index (χ3v) is 5.03. The number of thiazole rings is 1. The van der Waals surface area contributed by atoms with E-state index in [1.165, 1.54) is 39.4 Å². The summed E-state index contributed by atoms with van der Waals surface area (Å²) in [7, 11) is 0. The van der Waals surface area contributed by atoms with Crippen molar-refractivity contribution in [2.45, 2.75) is 20.8 Å². The summed E-state index contributed by atoms with van der Waals surface area (Å²) in [5, 5.41) is 7.38. The molecule has 3 aromatic rings. The number of benzene rings is 1. The Morgan fingerprint density at radius 1 is 1.14 bits per heavy atom. The molecule has 3 rings (SSSR count). The zero-order valence-electron chi connectivity index (χ0n) is 12.6. The van der Waals surface area contributed by atoms with Crippen LogP contribution >= 0.6 is 22.7 Å². The van der Waals surface area contributed by atoms with Crippen LogP contribution in [0, 0.1) is 20.8 Å². The number of anilines is 1. The summed E-state index contributed by atoms with van der Waals surface area (Å²) in [6.45, 7) is 6.29. The van der Waals surface area contributed by atoms with Gasteiger partial charge in [0, 0.05) is 10.9 Å². The van der Waals surface area contributed by atoms with E-state index < -0.39 is 0 Å². The van der Waals surface area contributed by atoms with E-state index >= 15 is 0 Å². The Balaban J connectivity index is 1.87. The molecular formula is C17H16N2OS2. The van der Waals surface area contributed by atoms with Gasteiger partial charge >= 0.3 is 0 Å². The van der Waals surface area contributed by atoms with Crippen molar-refractivity contribution in [3.63, 3.8) is 0 Å². The monoisotopic (exact) mass is 328 g/mol. The lowest BCUT2D eigenvalue weighted by molar-refractivity contribution is 0.103. The molecule has 0 bridgehead atoms. The first-order valence-electron chi connectivity index (χ1n) is 6.93. The van der Waals surface area contributed by atoms with E-state index in [1.54, 1.807) is 0 Å². The fourth-order valence-corrected chi connectivity index (χ4v) is 3.91. The first-order valence-corrected chi connectivity index (χ1v) is 8.69. The fraction of sp³-hybridized carbons (Fsp3) is 0.176. The van der Waals surface area contributed by atoms with Gasteiger partial charge in [-0.1, -0.05) is 23.8 Å². The van der Waals surface area contributed by atoms with Gasteiger partial charge in [0.15, 0.2) is 5.13 Å². The minimum atomic E-state index is -0.103. The number of rotatable bonds is 3. The number of hydrogen-bond donors (Lipinski definition) is 1. The van der Waals surface area contributed by atoms with Gasteiger partial charge in [-0.25, -0.2) is 4.98 Å². The second-order valence-corrected chi connectivity index (χ2v) is 7.05. The highest BCUT2D eigenvalue weighted by molar-refractivity contribution is 7.14. The standard InChI is InChI=1S/C17H16N2OS2/c1-10-7-11(2)15(12(3)8-10)13-9-22-17(18-13)19-16(20)14-5-4-6-21-14/h4-9H,1-3H3,(H,18,19,20). The summed E-state index contributed by atoms with van der Waals surface area (Å²) in [6, 6.07) is 7.99. The molecule has 1 N–H and O–H groups in total. The van der Waals surface area contributed by atoms with Gasteiger partial charge in [0.05, 0.1) is 10.6 Å². The van der Waals surface area contributed by atoms with Crippen LogP contribution < -0.4 is 5.32 Å². The molecule has 0 atom stereocenters. The van der Waals surface area contributed by atoms with Gasteiger partial charge in [-0.15, -0.1) is 22.7 Å². The molecule has 0 fully saturated rings. The van der Waals surface area contributed by atoms with Crippen LogP contribution in [0.4, 0.5) is 5.13 Å². The van der Waals surface area contributed by atoms with Gasteiger partial charge in [-0.3, -0.25) is 10.1 Å². The molecule has 112 valence electrons. The highest BCUT2D eigenvalue weighted by atomic mass is 32.1. The maximum atomic E-state index is 12.1. The number of carbonyl (C=O) groups is 1. The zero-order chi connectivity index (χ0) is 15.7. The smallest absolute Gasteiger partial charge is 0.267 e. The quantitative estimate of drug-likeness (QED) is 0.731. The number of carbonyl (C=O) groups excluding carboxylic acids is 1. The molecule has 5 heteroatoms. The Labute approximate surface area is 137 Å². The first-order chi connectivity index (χ1) is 10.5. The molecule has 2 heterocycles. The lowest BCUT2D eigenvalue weighted by Crippen LogP contribution is -2.09. The Morgan fingerprint density at radius 2 is 1.86 bits per heavy atom. The second-order valence-electron chi connectivity index (χ2n) is 5.24. The third-order valence-electron chi connectivity index (χ3n) is 3.40. The fourth-order valence-electron chi connectivity index (χ4n) is 2.60. The Hall–Kier alpha value is -1.98. The highest BCUT2D eigenvalue weighted by Crippen LogP contribution is 2.31. The lowest BCUT2D eigenvalue weighted by atomic mass is 9.98. The van der Waals surface area contributed by atoms with Crippen LogP contribution in [-0.4, -0.2) is 10.9 Å². The summed E-state index contributed by atoms with van der Waals surface area (Å²) in [5.41, 5.74) is 5.73. The minimum absolute atomic E-state index is 0.103. The van der Waals surface area contributed by atoms with Crippen LogP contribution in [0.25, 0.3) is 11.3 Å². The van der Waals surface area contributed by atoms with Crippen LogP contribution in [0.2, 0.25) is 0 Å². The van der Waals surface area contributed by atoms with E-state index in [1.807, 2.05) is 22.9 Å². The van der Waals surface area contributed by atoms with Crippen molar-refractivity contribution in [2.75, 3.05) is 5.32 Å². The molecule has 22 heavy (non-hydrogen) atoms. The van der Waals surface area contributed by atoms with Gasteiger partial charge in [-0.05, 0) is 43.3 Å². The first kappa shape index (κ1) is 14.9. The molecule has 3 nitrogen and oxygen atoms in total. The number of hydrogen-bond acceptors (Lipinski definition) is 4. The predicted molar refractivity (Wildman–Crippen MR) is 94.0 cm³/mol. The van der Waals surface area contributed by atoms with E-state index in [4.69, 9.17) is 0 Å². The van der Waals surface area contributed by atoms with Crippen LogP contribution in [0.15, 0.2) is 35.0 Å². The molecule has 0 aliphatic rings. The molecule has 0 saturated carbocycles. The van der Waals surface area contributed by atoms with Crippen molar-refractivity contribution in [1.29, 1.82) is 0 Å². The average Bonchev–Trinajstić information content (AvgIpc) is 3.08. The number of amides is 1. The summed E-state index contributed by atoms with van der Waals surface area (Å²) in [6.07, 6.45) is 0. The average molecular weight is 328 g/mol. The molecule has 1 aromatic carbocycles. The van der Waals surface area contributed by atoms with Gasteiger partial charge in [0.2, 0.25) is 0 Å². The topological polar surface area (TPSA) is 42.0 Å². The van der Waals surface area contributed by atoms with Crippen molar-refractivity contribution in [2.24, 2.45) is 0 Å². The SMILES string of the molecule is Cc1cc(C)c(-c2csc(NC(=O)c3cccs3)n2)c(C)c1. The summed E-state index contributed by atoms with van der Waals surface area (Å²) < 4.78 is 0. The Kier molecular flexibility index (Phi) is 4.09. The van der Waals surface area contributed by atoms with E-state index in [0.29, 0.717) is 10.0 Å². The van der Waals surface area contributed by atoms with Crippen molar-refractivity contribution in [3.8, 4) is 11.3 Å². The number of aryl methyl sites for hydroxylation is 3. The van der Waals surface area contributed by atoms with E-state index in [0.717, 1.165) is 11.3 Å². The number of thiophene rings is 1. The van der Waals surface area contributed by atoms with Gasteiger partial charge in [-0.2, -0.15) is 0 Å². The van der Waals surface area contributed by atoms with Crippen molar-refractivity contribution >= 4 is 33.7 Å². The van der Waals surface area contributed by atoms with Gasteiger partial charge in [0.25, 0.3) is 5.91 Å². The lowest BCUT2D eigenvalue weighted by Gasteiger charge is -2.08. The summed E-state index contributed by atoms with van der Waals surface area (Å²) >= 11 is 2.88. The van der Waals surface area contributed by atoms with E-state index in [9.17, 15) is 4.79 Å². The molecule has 0 spiro atoms. The van der Waals surface area contributed by atoms with E-state index in [-0.39, 0.29) is 5.91 Å². The number of nitrogens with zero attached hydrogens (tertiary/aromatic N) is 1. The number of nitrogens with one attached hydrogen (secondary N) is 1. The highest BCUT2D eigenvalue weighted by Gasteiger charge is 2.13. The third kappa shape index (κ3) is 2.96. The zero-order valence-corrected chi connectivity index (χ0v) is 14.3. The molecule has 0 aliphatic carbocycles. The molecule has 0 saturated heterocycles. The maximum Gasteiger partial charge on any atom is 0.267 e. The summed E-state index contributed by atoms with van der Waals surface area (Å²) in [5.74, 6) is -0.103. The van der Waals surface area contributed by atoms with Crippen molar-refractivity contribution in [3.05, 3.63) is 56.6 Å². The molecule has 0 radical (unpaired) electrons. The predicted octanol–water partition coefficient (Wildman–Crippen LogP) is 5.05. The largest absolute Gasteiger partial charge is 0.297 e. The van der Waals surface area contributed by atoms with E-state index in [2.05, 4.69) is 43.2 Å². The molecule has 2 aromatic heterocycles. The van der Waals surface area contributed by atoms with Crippen LogP contribution in [0.5, 0.6) is 0 Å². The van der Waals surface area contributed by atoms with Crippen LogP contribution in [-0.2, 0) is 0 Å².